The van der Waals surface area contributed by atoms with E-state index in [9.17, 15) is 9.18 Å². The number of hydrogen-bond acceptors (Lipinski definition) is 3. The van der Waals surface area contributed by atoms with Crippen LogP contribution in [0, 0.1) is 5.82 Å². The fourth-order valence-corrected chi connectivity index (χ4v) is 1.43. The van der Waals surface area contributed by atoms with Crippen LogP contribution in [0.15, 0.2) is 36.9 Å². The van der Waals surface area contributed by atoms with Crippen LogP contribution in [0.1, 0.15) is 10.4 Å². The summed E-state index contributed by atoms with van der Waals surface area (Å²) in [6.07, 6.45) is 5.04. The Morgan fingerprint density at radius 3 is 2.94 bits per heavy atom. The predicted molar refractivity (Wildman–Crippen MR) is 61.1 cm³/mol. The van der Waals surface area contributed by atoms with E-state index in [1.807, 2.05) is 0 Å². The molecule has 0 saturated heterocycles. The molecular weight excluding hydrogens is 239 g/mol. The zero-order valence-electron chi connectivity index (χ0n) is 9.41. The minimum Gasteiger partial charge on any atom is -0.489 e. The third kappa shape index (κ3) is 2.85. The van der Waals surface area contributed by atoms with Crippen LogP contribution in [0.3, 0.4) is 0 Å². The zero-order valence-corrected chi connectivity index (χ0v) is 9.41. The maximum atomic E-state index is 13.5. The predicted octanol–water partition coefficient (Wildman–Crippen LogP) is 1.80. The molecule has 5 nitrogen and oxygen atoms in total. The molecule has 0 aliphatic rings. The Labute approximate surface area is 102 Å². The third-order valence-electron chi connectivity index (χ3n) is 2.35. The number of benzene rings is 1. The molecule has 0 unspecified atom stereocenters. The maximum Gasteiger partial charge on any atom is 0.335 e. The van der Waals surface area contributed by atoms with Gasteiger partial charge in [-0.15, -0.1) is 0 Å². The normalized spacial score (nSPS) is 10.3. The molecule has 1 heterocycles. The van der Waals surface area contributed by atoms with Gasteiger partial charge in [-0.3, -0.25) is 0 Å². The van der Waals surface area contributed by atoms with Crippen molar-refractivity contribution < 1.29 is 19.0 Å². The lowest BCUT2D eigenvalue weighted by Crippen LogP contribution is -2.08. The van der Waals surface area contributed by atoms with Crippen LogP contribution in [0.25, 0.3) is 0 Å². The third-order valence-corrected chi connectivity index (χ3v) is 2.35. The Bertz CT molecular complexity index is 540. The molecule has 0 amide bonds. The van der Waals surface area contributed by atoms with E-state index in [2.05, 4.69) is 4.98 Å². The molecule has 0 fully saturated rings. The van der Waals surface area contributed by atoms with E-state index in [0.29, 0.717) is 6.54 Å². The van der Waals surface area contributed by atoms with Gasteiger partial charge in [0.15, 0.2) is 11.6 Å². The topological polar surface area (TPSA) is 64.3 Å². The number of halogens is 1. The Kier molecular flexibility index (Phi) is 3.57. The number of aromatic carboxylic acids is 1. The van der Waals surface area contributed by atoms with Crippen molar-refractivity contribution in [1.29, 1.82) is 0 Å². The molecule has 0 spiro atoms. The van der Waals surface area contributed by atoms with Crippen molar-refractivity contribution in [2.45, 2.75) is 6.54 Å². The smallest absolute Gasteiger partial charge is 0.335 e. The van der Waals surface area contributed by atoms with Gasteiger partial charge >= 0.3 is 5.97 Å². The average molecular weight is 250 g/mol. The van der Waals surface area contributed by atoms with Crippen molar-refractivity contribution in [3.8, 4) is 5.75 Å². The van der Waals surface area contributed by atoms with Crippen LogP contribution in [0.2, 0.25) is 0 Å². The van der Waals surface area contributed by atoms with Crippen LogP contribution < -0.4 is 4.74 Å². The second-order valence-corrected chi connectivity index (χ2v) is 3.60. The van der Waals surface area contributed by atoms with E-state index in [-0.39, 0.29) is 17.9 Å². The zero-order chi connectivity index (χ0) is 13.0. The van der Waals surface area contributed by atoms with E-state index < -0.39 is 11.8 Å². The van der Waals surface area contributed by atoms with Gasteiger partial charge in [0.2, 0.25) is 0 Å². The molecule has 18 heavy (non-hydrogen) atoms. The molecule has 1 aromatic carbocycles. The average Bonchev–Trinajstić information content (AvgIpc) is 2.84. The molecule has 0 aliphatic carbocycles. The fraction of sp³-hybridized carbons (Fsp3) is 0.167. The van der Waals surface area contributed by atoms with Gasteiger partial charge in [-0.1, -0.05) is 0 Å². The van der Waals surface area contributed by atoms with Gasteiger partial charge in [0.05, 0.1) is 18.4 Å². The van der Waals surface area contributed by atoms with Gasteiger partial charge in [-0.05, 0) is 18.2 Å². The lowest BCUT2D eigenvalue weighted by atomic mass is 10.2. The summed E-state index contributed by atoms with van der Waals surface area (Å²) in [6, 6.07) is 3.56. The Balaban J connectivity index is 1.95. The van der Waals surface area contributed by atoms with E-state index in [1.165, 1.54) is 12.1 Å². The first kappa shape index (κ1) is 12.1. The fourth-order valence-electron chi connectivity index (χ4n) is 1.43. The SMILES string of the molecule is O=C(O)c1ccc(OCCn2ccnc2)c(F)c1. The lowest BCUT2D eigenvalue weighted by molar-refractivity contribution is 0.0696. The van der Waals surface area contributed by atoms with Gasteiger partial charge in [0, 0.05) is 12.4 Å². The van der Waals surface area contributed by atoms with Gasteiger partial charge in [-0.25, -0.2) is 14.2 Å². The molecule has 6 heteroatoms. The maximum absolute atomic E-state index is 13.5. The number of rotatable bonds is 5. The van der Waals surface area contributed by atoms with E-state index in [0.717, 1.165) is 6.07 Å². The Morgan fingerprint density at radius 2 is 2.33 bits per heavy atom. The summed E-state index contributed by atoms with van der Waals surface area (Å²) in [5.74, 6) is -1.81. The van der Waals surface area contributed by atoms with E-state index >= 15 is 0 Å². The monoisotopic (exact) mass is 250 g/mol. The number of hydrogen-bond donors (Lipinski definition) is 1. The van der Waals surface area contributed by atoms with E-state index in [1.54, 1.807) is 23.3 Å². The highest BCUT2D eigenvalue weighted by Gasteiger charge is 2.08. The van der Waals surface area contributed by atoms with Crippen LogP contribution in [-0.4, -0.2) is 27.2 Å². The number of aromatic nitrogens is 2. The van der Waals surface area contributed by atoms with Crippen molar-refractivity contribution >= 4 is 5.97 Å². The van der Waals surface area contributed by atoms with Gasteiger partial charge in [0.25, 0.3) is 0 Å². The summed E-state index contributed by atoms with van der Waals surface area (Å²) < 4.78 is 20.5. The molecule has 0 aliphatic heterocycles. The van der Waals surface area contributed by atoms with Crippen molar-refractivity contribution in [2.75, 3.05) is 6.61 Å². The van der Waals surface area contributed by atoms with Crippen LogP contribution in [-0.2, 0) is 6.54 Å². The number of imidazole rings is 1. The molecule has 2 aromatic rings. The van der Waals surface area contributed by atoms with Crippen molar-refractivity contribution in [1.82, 2.24) is 9.55 Å². The lowest BCUT2D eigenvalue weighted by Gasteiger charge is -2.08. The number of nitrogens with zero attached hydrogens (tertiary/aromatic N) is 2. The minimum atomic E-state index is -1.17. The number of carboxylic acids is 1. The summed E-state index contributed by atoms with van der Waals surface area (Å²) in [6.45, 7) is 0.819. The van der Waals surface area contributed by atoms with Gasteiger partial charge in [0.1, 0.15) is 6.61 Å². The first-order chi connectivity index (χ1) is 8.66. The molecule has 1 N–H and O–H groups in total. The molecule has 0 saturated carbocycles. The number of ether oxygens (including phenoxy) is 1. The van der Waals surface area contributed by atoms with Crippen molar-refractivity contribution in [2.24, 2.45) is 0 Å². The highest BCUT2D eigenvalue weighted by molar-refractivity contribution is 5.87. The molecule has 2 rings (SSSR count). The molecule has 0 radical (unpaired) electrons. The van der Waals surface area contributed by atoms with Gasteiger partial charge < -0.3 is 14.4 Å². The molecule has 0 bridgehead atoms. The summed E-state index contributed by atoms with van der Waals surface area (Å²) in [5, 5.41) is 8.68. The van der Waals surface area contributed by atoms with E-state index in [4.69, 9.17) is 9.84 Å². The highest BCUT2D eigenvalue weighted by Crippen LogP contribution is 2.18. The number of carboxylic acid groups (broad SMARTS) is 1. The Morgan fingerprint density at radius 1 is 1.50 bits per heavy atom. The van der Waals surface area contributed by atoms with Crippen molar-refractivity contribution in [3.63, 3.8) is 0 Å². The summed E-state index contributed by atoms with van der Waals surface area (Å²) >= 11 is 0. The highest BCUT2D eigenvalue weighted by atomic mass is 19.1. The minimum absolute atomic E-state index is 0.0418. The standard InChI is InChI=1S/C12H11FN2O3/c13-10-7-9(12(16)17)1-2-11(10)18-6-5-15-4-3-14-8-15/h1-4,7-8H,5-6H2,(H,16,17). The molecule has 94 valence electrons. The molecular formula is C12H11FN2O3. The quantitative estimate of drug-likeness (QED) is 0.878. The summed E-state index contributed by atoms with van der Waals surface area (Å²) in [5.41, 5.74) is -0.102. The van der Waals surface area contributed by atoms with Crippen LogP contribution >= 0.6 is 0 Å². The first-order valence-corrected chi connectivity index (χ1v) is 5.28. The second kappa shape index (κ2) is 5.31. The Hall–Kier alpha value is -2.37. The van der Waals surface area contributed by atoms with Crippen molar-refractivity contribution in [3.05, 3.63) is 48.3 Å². The van der Waals surface area contributed by atoms with Crippen LogP contribution in [0.5, 0.6) is 5.75 Å². The summed E-state index contributed by atoms with van der Waals surface area (Å²) in [7, 11) is 0. The number of carbonyl (C=O) groups is 1. The molecule has 1 aromatic heterocycles. The first-order valence-electron chi connectivity index (χ1n) is 5.28. The van der Waals surface area contributed by atoms with Crippen LogP contribution in [0.4, 0.5) is 4.39 Å². The molecule has 0 atom stereocenters. The largest absolute Gasteiger partial charge is 0.489 e. The van der Waals surface area contributed by atoms with Gasteiger partial charge in [-0.2, -0.15) is 0 Å². The second-order valence-electron chi connectivity index (χ2n) is 3.60. The summed E-state index contributed by atoms with van der Waals surface area (Å²) in [4.78, 5) is 14.5.